The first-order valence-corrected chi connectivity index (χ1v) is 13.8. The molecule has 0 saturated carbocycles. The summed E-state index contributed by atoms with van der Waals surface area (Å²) in [4.78, 5) is 41.8. The van der Waals surface area contributed by atoms with Gasteiger partial charge in [-0.25, -0.2) is 0 Å². The van der Waals surface area contributed by atoms with Crippen LogP contribution in [-0.2, 0) is 45.4 Å². The third kappa shape index (κ3) is 61.0. The van der Waals surface area contributed by atoms with Crippen molar-refractivity contribution in [2.75, 3.05) is 13.2 Å². The number of Topliss-reactive ketones (excluding diaryl/α,β-unsaturated/α-hetero) is 2. The molecule has 8 nitrogen and oxygen atoms in total. The molecule has 0 aliphatic heterocycles. The predicted molar refractivity (Wildman–Crippen MR) is 140 cm³/mol. The first kappa shape index (κ1) is 46.0. The first-order valence-electron chi connectivity index (χ1n) is 13.8. The Bertz CT molecular complexity index is 451. The summed E-state index contributed by atoms with van der Waals surface area (Å²) >= 11 is 0. The molecular formula is C28H54O8Zr. The van der Waals surface area contributed by atoms with Crippen molar-refractivity contribution in [2.45, 2.75) is 143 Å². The third-order valence-electron chi connectivity index (χ3n) is 4.82. The number of rotatable bonds is 20. The summed E-state index contributed by atoms with van der Waals surface area (Å²) in [6, 6.07) is 0. The van der Waals surface area contributed by atoms with Gasteiger partial charge in [0.1, 0.15) is 11.6 Å². The minimum atomic E-state index is -1.27. The minimum absolute atomic E-state index is 0. The largest absolute Gasteiger partial charge is 2.00 e. The van der Waals surface area contributed by atoms with Crippen molar-refractivity contribution in [1.29, 1.82) is 0 Å². The number of ketones is 2. The van der Waals surface area contributed by atoms with Crippen LogP contribution in [-0.4, -0.2) is 46.9 Å². The number of carboxylic acid groups (broad SMARTS) is 2. The Labute approximate surface area is 245 Å². The zero-order valence-electron chi connectivity index (χ0n) is 24.0. The SMILES string of the molecule is CCCCCCCC(=O)CC(=O)[O-].CCCCCCCC(=O)CC(=O)[O-].CCCCO.CCCCO.[Zr+2]. The van der Waals surface area contributed by atoms with Gasteiger partial charge < -0.3 is 30.0 Å². The van der Waals surface area contributed by atoms with E-state index in [9.17, 15) is 29.4 Å². The zero-order chi connectivity index (χ0) is 28.5. The van der Waals surface area contributed by atoms with Crippen LogP contribution in [0.3, 0.4) is 0 Å². The summed E-state index contributed by atoms with van der Waals surface area (Å²) < 4.78 is 0. The van der Waals surface area contributed by atoms with Crippen LogP contribution in [0.1, 0.15) is 143 Å². The summed E-state index contributed by atoms with van der Waals surface area (Å²) in [6.45, 7) is 9.04. The number of hydrogen-bond donors (Lipinski definition) is 2. The molecule has 9 heteroatoms. The Balaban J connectivity index is -0.000000133. The molecule has 218 valence electrons. The van der Waals surface area contributed by atoms with Gasteiger partial charge >= 0.3 is 26.2 Å². The van der Waals surface area contributed by atoms with Gasteiger partial charge in [-0.05, 0) is 25.7 Å². The first-order chi connectivity index (χ1) is 17.2. The predicted octanol–water partition coefficient (Wildman–Crippen LogP) is 3.67. The van der Waals surface area contributed by atoms with E-state index in [1.807, 2.05) is 0 Å². The number of carboxylic acids is 2. The quantitative estimate of drug-likeness (QED) is 0.157. The second-order valence-corrected chi connectivity index (χ2v) is 8.66. The second-order valence-electron chi connectivity index (χ2n) is 8.66. The van der Waals surface area contributed by atoms with Crippen LogP contribution in [0.25, 0.3) is 0 Å². The molecule has 0 rings (SSSR count). The van der Waals surface area contributed by atoms with Crippen molar-refractivity contribution in [1.82, 2.24) is 0 Å². The summed E-state index contributed by atoms with van der Waals surface area (Å²) in [7, 11) is 0. The number of hydrogen-bond acceptors (Lipinski definition) is 8. The minimum Gasteiger partial charge on any atom is -0.550 e. The standard InChI is InChI=1S/2C10H18O3.2C4H10O.Zr/c2*1-2-3-4-5-6-7-9(11)8-10(12)13;2*1-2-3-4-5;/h2*2-8H2,1H3,(H,12,13);2*5H,2-4H2,1H3;/q;;;;+2/p-2. The van der Waals surface area contributed by atoms with Crippen molar-refractivity contribution in [3.63, 3.8) is 0 Å². The van der Waals surface area contributed by atoms with Gasteiger partial charge in [-0.1, -0.05) is 91.9 Å². The maximum atomic E-state index is 10.9. The van der Waals surface area contributed by atoms with Crippen molar-refractivity contribution < 1.29 is 65.8 Å². The summed E-state index contributed by atoms with van der Waals surface area (Å²) in [5.74, 6) is -2.95. The van der Waals surface area contributed by atoms with Gasteiger partial charge in [-0.2, -0.15) is 0 Å². The molecule has 0 unspecified atom stereocenters. The van der Waals surface area contributed by atoms with Crippen LogP contribution in [0, 0.1) is 0 Å². The van der Waals surface area contributed by atoms with Crippen LogP contribution in [0.5, 0.6) is 0 Å². The Hall–Kier alpha value is -0.917. The Morgan fingerprint density at radius 1 is 0.486 bits per heavy atom. The van der Waals surface area contributed by atoms with Crippen molar-refractivity contribution >= 4 is 23.5 Å². The molecule has 0 atom stereocenters. The third-order valence-corrected chi connectivity index (χ3v) is 4.82. The molecule has 0 saturated heterocycles. The number of unbranched alkanes of at least 4 members (excludes halogenated alkanes) is 10. The van der Waals surface area contributed by atoms with Crippen molar-refractivity contribution in [2.24, 2.45) is 0 Å². The second kappa shape index (κ2) is 42.2. The van der Waals surface area contributed by atoms with E-state index in [0.717, 1.165) is 64.2 Å². The van der Waals surface area contributed by atoms with E-state index in [4.69, 9.17) is 10.2 Å². The van der Waals surface area contributed by atoms with Gasteiger partial charge in [0.05, 0.1) is 0 Å². The average Bonchev–Trinajstić information content (AvgIpc) is 2.80. The van der Waals surface area contributed by atoms with Gasteiger partial charge in [-0.3, -0.25) is 9.59 Å². The molecule has 0 aromatic carbocycles. The fourth-order valence-electron chi connectivity index (χ4n) is 2.67. The molecule has 37 heavy (non-hydrogen) atoms. The van der Waals surface area contributed by atoms with Gasteiger partial charge in [0.2, 0.25) is 0 Å². The summed E-state index contributed by atoms with van der Waals surface area (Å²) in [5.41, 5.74) is 0. The van der Waals surface area contributed by atoms with Gasteiger partial charge in [0, 0.05) is 50.8 Å². The Kier molecular flexibility index (Phi) is 52.4. The molecule has 0 aliphatic rings. The monoisotopic (exact) mass is 608 g/mol. The molecule has 0 heterocycles. The molecule has 0 aromatic rings. The number of carbonyl (C=O) groups excluding carboxylic acids is 4. The van der Waals surface area contributed by atoms with Crippen LogP contribution < -0.4 is 10.2 Å². The zero-order valence-corrected chi connectivity index (χ0v) is 26.4. The van der Waals surface area contributed by atoms with E-state index in [-0.39, 0.29) is 37.8 Å². The molecule has 2 N–H and O–H groups in total. The molecular weight excluding hydrogens is 556 g/mol. The molecule has 0 aromatic heterocycles. The van der Waals surface area contributed by atoms with Gasteiger partial charge in [0.15, 0.2) is 0 Å². The van der Waals surface area contributed by atoms with E-state index in [2.05, 4.69) is 27.7 Å². The van der Waals surface area contributed by atoms with Crippen LogP contribution in [0.15, 0.2) is 0 Å². The number of aliphatic hydroxyl groups is 2. The van der Waals surface area contributed by atoms with E-state index in [0.29, 0.717) is 26.1 Å². The summed E-state index contributed by atoms with van der Waals surface area (Å²) in [6.07, 6.45) is 14.7. The molecule has 0 bridgehead atoms. The van der Waals surface area contributed by atoms with Crippen molar-refractivity contribution in [3.8, 4) is 0 Å². The number of aliphatic carboxylic acids is 2. The smallest absolute Gasteiger partial charge is 0.550 e. The van der Waals surface area contributed by atoms with E-state index >= 15 is 0 Å². The maximum absolute atomic E-state index is 10.9. The molecule has 0 aliphatic carbocycles. The molecule has 0 radical (unpaired) electrons. The van der Waals surface area contributed by atoms with Gasteiger partial charge in [0.25, 0.3) is 0 Å². The Morgan fingerprint density at radius 3 is 0.946 bits per heavy atom. The van der Waals surface area contributed by atoms with E-state index in [1.165, 1.54) is 25.7 Å². The molecule has 0 fully saturated rings. The average molecular weight is 610 g/mol. The van der Waals surface area contributed by atoms with Crippen molar-refractivity contribution in [3.05, 3.63) is 0 Å². The van der Waals surface area contributed by atoms with E-state index < -0.39 is 24.8 Å². The number of carbonyl (C=O) groups is 4. The molecule has 0 spiro atoms. The maximum Gasteiger partial charge on any atom is 2.00 e. The normalized spacial score (nSPS) is 9.24. The fourth-order valence-corrected chi connectivity index (χ4v) is 2.67. The number of aliphatic hydroxyl groups excluding tert-OH is 2. The topological polar surface area (TPSA) is 155 Å². The molecule has 0 amide bonds. The summed E-state index contributed by atoms with van der Waals surface area (Å²) in [5, 5.41) is 36.2. The van der Waals surface area contributed by atoms with Crippen LogP contribution >= 0.6 is 0 Å². The fraction of sp³-hybridized carbons (Fsp3) is 0.857. The van der Waals surface area contributed by atoms with Crippen LogP contribution in [0.2, 0.25) is 0 Å². The van der Waals surface area contributed by atoms with Crippen LogP contribution in [0.4, 0.5) is 0 Å². The Morgan fingerprint density at radius 2 is 0.757 bits per heavy atom. The van der Waals surface area contributed by atoms with Gasteiger partial charge in [-0.15, -0.1) is 0 Å². The van der Waals surface area contributed by atoms with E-state index in [1.54, 1.807) is 0 Å².